The topological polar surface area (TPSA) is 71.2 Å². The lowest BCUT2D eigenvalue weighted by Crippen LogP contribution is -2.26. The second-order valence-corrected chi connectivity index (χ2v) is 7.35. The number of aryl methyl sites for hydroxylation is 1. The van der Waals surface area contributed by atoms with Crippen molar-refractivity contribution >= 4 is 16.8 Å². The highest BCUT2D eigenvalue weighted by atomic mass is 16.3. The number of rotatable bonds is 5. The smallest absolute Gasteiger partial charge is 0.254 e. The predicted octanol–water partition coefficient (Wildman–Crippen LogP) is 4.40. The van der Waals surface area contributed by atoms with Gasteiger partial charge in [0.1, 0.15) is 5.75 Å². The van der Waals surface area contributed by atoms with Crippen molar-refractivity contribution in [1.82, 2.24) is 19.7 Å². The summed E-state index contributed by atoms with van der Waals surface area (Å²) in [7, 11) is 1.79. The molecule has 0 saturated heterocycles. The molecule has 6 nitrogen and oxygen atoms in total. The molecule has 0 aliphatic heterocycles. The normalized spacial score (nSPS) is 11.0. The molecule has 0 atom stereocenters. The molecule has 1 N–H and O–H groups in total. The number of carbonyl (C=O) groups excluding carboxylic acids is 1. The maximum atomic E-state index is 13.4. The average molecular weight is 400 g/mol. The second-order valence-electron chi connectivity index (χ2n) is 7.35. The summed E-state index contributed by atoms with van der Waals surface area (Å²) in [5, 5.41) is 15.0. The number of aromatic hydroxyl groups is 1. The number of hydrogen-bond acceptors (Lipinski definition) is 4. The van der Waals surface area contributed by atoms with E-state index in [1.54, 1.807) is 30.1 Å². The van der Waals surface area contributed by atoms with Crippen LogP contribution >= 0.6 is 0 Å². The number of fused-ring (bicyclic) bond motifs is 1. The van der Waals surface area contributed by atoms with E-state index < -0.39 is 0 Å². The molecule has 2 heterocycles. The minimum Gasteiger partial charge on any atom is -0.508 e. The Bertz CT molecular complexity index is 1210. The molecular formula is C24H24N4O2. The first-order valence-corrected chi connectivity index (χ1v) is 9.94. The van der Waals surface area contributed by atoms with Gasteiger partial charge < -0.3 is 10.0 Å². The SMILES string of the molecule is CCn1ncc(CN(C)C(=O)c2cc(-c3ccccc3)nc3cc(O)ccc23)c1C. The standard InChI is InChI=1S/C24H24N4O2/c1-4-28-16(2)18(14-25-28)15-27(3)24(30)21-13-22(17-8-6-5-7-9-17)26-23-12-19(29)10-11-20(21)23/h5-14,29H,4,15H2,1-3H3. The number of pyridine rings is 1. The van der Waals surface area contributed by atoms with E-state index in [1.807, 2.05) is 61.1 Å². The summed E-state index contributed by atoms with van der Waals surface area (Å²) in [5.41, 5.74) is 4.84. The van der Waals surface area contributed by atoms with Crippen LogP contribution in [0.2, 0.25) is 0 Å². The number of benzene rings is 2. The van der Waals surface area contributed by atoms with Crippen LogP contribution in [0.25, 0.3) is 22.2 Å². The quantitative estimate of drug-likeness (QED) is 0.539. The second kappa shape index (κ2) is 7.99. The average Bonchev–Trinajstić information content (AvgIpc) is 3.11. The van der Waals surface area contributed by atoms with Gasteiger partial charge in [-0.15, -0.1) is 0 Å². The number of nitrogens with zero attached hydrogens (tertiary/aromatic N) is 4. The highest BCUT2D eigenvalue weighted by Crippen LogP contribution is 2.28. The Hall–Kier alpha value is -3.67. The summed E-state index contributed by atoms with van der Waals surface area (Å²) in [6.07, 6.45) is 1.82. The van der Waals surface area contributed by atoms with Crippen molar-refractivity contribution in [1.29, 1.82) is 0 Å². The lowest BCUT2D eigenvalue weighted by atomic mass is 10.0. The highest BCUT2D eigenvalue weighted by molar-refractivity contribution is 6.07. The maximum Gasteiger partial charge on any atom is 0.254 e. The van der Waals surface area contributed by atoms with Gasteiger partial charge in [0.2, 0.25) is 0 Å². The summed E-state index contributed by atoms with van der Waals surface area (Å²) >= 11 is 0. The fourth-order valence-electron chi connectivity index (χ4n) is 3.64. The Balaban J connectivity index is 1.76. The molecule has 2 aromatic carbocycles. The van der Waals surface area contributed by atoms with Gasteiger partial charge in [0.05, 0.1) is 23.0 Å². The number of aromatic nitrogens is 3. The number of amides is 1. The molecule has 6 heteroatoms. The summed E-state index contributed by atoms with van der Waals surface area (Å²) in [6.45, 7) is 5.32. The molecule has 4 rings (SSSR count). The zero-order valence-electron chi connectivity index (χ0n) is 17.3. The van der Waals surface area contributed by atoms with Crippen molar-refractivity contribution in [3.63, 3.8) is 0 Å². The maximum absolute atomic E-state index is 13.4. The molecule has 0 aliphatic rings. The van der Waals surface area contributed by atoms with E-state index in [9.17, 15) is 9.90 Å². The van der Waals surface area contributed by atoms with Crippen molar-refractivity contribution in [2.24, 2.45) is 0 Å². The highest BCUT2D eigenvalue weighted by Gasteiger charge is 2.19. The molecule has 152 valence electrons. The molecule has 4 aromatic rings. The number of hydrogen-bond donors (Lipinski definition) is 1. The van der Waals surface area contributed by atoms with Crippen LogP contribution in [0.1, 0.15) is 28.5 Å². The third kappa shape index (κ3) is 3.64. The van der Waals surface area contributed by atoms with Gasteiger partial charge in [-0.25, -0.2) is 4.98 Å². The molecular weight excluding hydrogens is 376 g/mol. The van der Waals surface area contributed by atoms with Gasteiger partial charge in [-0.3, -0.25) is 9.48 Å². The van der Waals surface area contributed by atoms with Gasteiger partial charge in [-0.2, -0.15) is 5.10 Å². The van der Waals surface area contributed by atoms with Gasteiger partial charge in [0.15, 0.2) is 0 Å². The summed E-state index contributed by atoms with van der Waals surface area (Å²) in [5.74, 6) is 0.0171. The predicted molar refractivity (Wildman–Crippen MR) is 117 cm³/mol. The van der Waals surface area contributed by atoms with Crippen molar-refractivity contribution in [2.75, 3.05) is 7.05 Å². The van der Waals surface area contributed by atoms with Crippen molar-refractivity contribution in [3.05, 3.63) is 77.6 Å². The fourth-order valence-corrected chi connectivity index (χ4v) is 3.64. The van der Waals surface area contributed by atoms with E-state index in [-0.39, 0.29) is 11.7 Å². The lowest BCUT2D eigenvalue weighted by molar-refractivity contribution is 0.0787. The van der Waals surface area contributed by atoms with Crippen molar-refractivity contribution in [3.8, 4) is 17.0 Å². The monoisotopic (exact) mass is 400 g/mol. The molecule has 0 aliphatic carbocycles. The summed E-state index contributed by atoms with van der Waals surface area (Å²) in [4.78, 5) is 19.8. The van der Waals surface area contributed by atoms with Gasteiger partial charge in [0, 0.05) is 48.4 Å². The third-order valence-electron chi connectivity index (χ3n) is 5.35. The van der Waals surface area contributed by atoms with E-state index in [0.29, 0.717) is 28.7 Å². The van der Waals surface area contributed by atoms with Gasteiger partial charge in [-0.1, -0.05) is 30.3 Å². The van der Waals surface area contributed by atoms with Crippen LogP contribution in [0.5, 0.6) is 5.75 Å². The fraction of sp³-hybridized carbons (Fsp3) is 0.208. The van der Waals surface area contributed by atoms with E-state index >= 15 is 0 Å². The summed E-state index contributed by atoms with van der Waals surface area (Å²) in [6, 6.07) is 16.5. The first kappa shape index (κ1) is 19.6. The lowest BCUT2D eigenvalue weighted by Gasteiger charge is -2.19. The first-order chi connectivity index (χ1) is 14.5. The van der Waals surface area contributed by atoms with Crippen LogP contribution in [0, 0.1) is 6.92 Å². The number of carbonyl (C=O) groups is 1. The molecule has 0 unspecified atom stereocenters. The van der Waals surface area contributed by atoms with Crippen molar-refractivity contribution < 1.29 is 9.90 Å². The summed E-state index contributed by atoms with van der Waals surface area (Å²) < 4.78 is 1.92. The van der Waals surface area contributed by atoms with Crippen LogP contribution < -0.4 is 0 Å². The van der Waals surface area contributed by atoms with Crippen LogP contribution in [0.15, 0.2) is 60.8 Å². The van der Waals surface area contributed by atoms with E-state index in [2.05, 4.69) is 10.1 Å². The van der Waals surface area contributed by atoms with Crippen LogP contribution in [0.4, 0.5) is 0 Å². The zero-order chi connectivity index (χ0) is 21.3. The Morgan fingerprint density at radius 1 is 1.13 bits per heavy atom. The van der Waals surface area contributed by atoms with Crippen LogP contribution in [-0.4, -0.2) is 37.7 Å². The molecule has 30 heavy (non-hydrogen) atoms. The Labute approximate surface area is 175 Å². The Morgan fingerprint density at radius 2 is 1.90 bits per heavy atom. The minimum absolute atomic E-state index is 0.103. The molecule has 0 fully saturated rings. The first-order valence-electron chi connectivity index (χ1n) is 9.94. The molecule has 0 spiro atoms. The molecule has 2 aromatic heterocycles. The number of phenols is 1. The molecule has 0 bridgehead atoms. The molecule has 0 radical (unpaired) electrons. The minimum atomic E-state index is -0.103. The van der Waals surface area contributed by atoms with Gasteiger partial charge in [0.25, 0.3) is 5.91 Å². The third-order valence-corrected chi connectivity index (χ3v) is 5.35. The Morgan fingerprint density at radius 3 is 2.60 bits per heavy atom. The Kier molecular flexibility index (Phi) is 5.23. The van der Waals surface area contributed by atoms with Gasteiger partial charge in [-0.05, 0) is 32.0 Å². The zero-order valence-corrected chi connectivity index (χ0v) is 17.3. The van der Waals surface area contributed by atoms with E-state index in [1.165, 1.54) is 0 Å². The van der Waals surface area contributed by atoms with E-state index in [0.717, 1.165) is 23.4 Å². The largest absolute Gasteiger partial charge is 0.508 e. The van der Waals surface area contributed by atoms with Crippen LogP contribution in [0.3, 0.4) is 0 Å². The van der Waals surface area contributed by atoms with E-state index in [4.69, 9.17) is 0 Å². The van der Waals surface area contributed by atoms with Crippen LogP contribution in [-0.2, 0) is 13.1 Å². The van der Waals surface area contributed by atoms with Crippen molar-refractivity contribution in [2.45, 2.75) is 26.9 Å². The van der Waals surface area contributed by atoms with Gasteiger partial charge >= 0.3 is 0 Å². The number of phenolic OH excluding ortho intramolecular Hbond substituents is 1. The molecule has 1 amide bonds. The molecule has 0 saturated carbocycles.